The summed E-state index contributed by atoms with van der Waals surface area (Å²) in [7, 11) is 0. The fourth-order valence-corrected chi connectivity index (χ4v) is 5.16. The molecule has 6 nitrogen and oxygen atoms in total. The smallest absolute Gasteiger partial charge is 0.305 e. The van der Waals surface area contributed by atoms with Crippen LogP contribution in [0.5, 0.6) is 0 Å². The Labute approximate surface area is 127 Å². The molecule has 0 radical (unpaired) electrons. The Morgan fingerprint density at radius 1 is 1.48 bits per heavy atom. The normalized spacial score (nSPS) is 35.4. The predicted octanol–water partition coefficient (Wildman–Crippen LogP) is 0.906. The molecule has 1 N–H and O–H groups in total. The molecule has 0 saturated carbocycles. The number of aliphatic carboxylic acids is 1. The van der Waals surface area contributed by atoms with Crippen molar-refractivity contribution < 1.29 is 19.5 Å². The summed E-state index contributed by atoms with van der Waals surface area (Å²) in [5, 5.41) is 8.97. The molecule has 3 saturated heterocycles. The minimum Gasteiger partial charge on any atom is -0.481 e. The van der Waals surface area contributed by atoms with Gasteiger partial charge in [-0.25, -0.2) is 0 Å². The van der Waals surface area contributed by atoms with E-state index in [1.54, 1.807) is 21.6 Å². The molecule has 116 valence electrons. The van der Waals surface area contributed by atoms with E-state index in [0.717, 1.165) is 19.3 Å². The van der Waals surface area contributed by atoms with Crippen molar-refractivity contribution in [2.45, 2.75) is 56.0 Å². The van der Waals surface area contributed by atoms with Gasteiger partial charge in [-0.2, -0.15) is 0 Å². The summed E-state index contributed by atoms with van der Waals surface area (Å²) >= 11 is 1.67. The first kappa shape index (κ1) is 14.7. The highest BCUT2D eigenvalue weighted by Gasteiger charge is 2.54. The molecule has 3 atom stereocenters. The van der Waals surface area contributed by atoms with E-state index in [1.165, 1.54) is 0 Å². The quantitative estimate of drug-likeness (QED) is 0.838. The fraction of sp³-hybridized carbons (Fsp3) is 0.786. The molecule has 3 heterocycles. The van der Waals surface area contributed by atoms with Crippen LogP contribution in [-0.2, 0) is 14.4 Å². The van der Waals surface area contributed by atoms with Crippen molar-refractivity contribution in [2.24, 2.45) is 0 Å². The zero-order chi connectivity index (χ0) is 15.2. The van der Waals surface area contributed by atoms with Crippen LogP contribution in [0.25, 0.3) is 0 Å². The minimum absolute atomic E-state index is 0.00316. The van der Waals surface area contributed by atoms with E-state index in [2.05, 4.69) is 0 Å². The second-order valence-electron chi connectivity index (χ2n) is 6.19. The summed E-state index contributed by atoms with van der Waals surface area (Å²) in [6.45, 7) is 2.63. The monoisotopic (exact) mass is 312 g/mol. The Hall–Kier alpha value is -1.24. The van der Waals surface area contributed by atoms with Gasteiger partial charge >= 0.3 is 5.97 Å². The van der Waals surface area contributed by atoms with E-state index < -0.39 is 12.0 Å². The molecule has 0 spiro atoms. The molecular formula is C14H20N2O4S. The molecule has 3 aliphatic heterocycles. The van der Waals surface area contributed by atoms with Gasteiger partial charge in [-0.3, -0.25) is 14.4 Å². The van der Waals surface area contributed by atoms with Crippen LogP contribution in [0.1, 0.15) is 39.0 Å². The van der Waals surface area contributed by atoms with Gasteiger partial charge in [0.15, 0.2) is 0 Å². The molecule has 0 aromatic heterocycles. The van der Waals surface area contributed by atoms with Crippen molar-refractivity contribution in [3.8, 4) is 0 Å². The number of carbonyl (C=O) groups excluding carboxylic acids is 2. The SMILES string of the molecule is C[C@]12CCC(=O)N1[C@H](C(=O)N1CCC[C@@H]1CC(=O)O)CS2. The molecule has 21 heavy (non-hydrogen) atoms. The number of fused-ring (bicyclic) bond motifs is 1. The summed E-state index contributed by atoms with van der Waals surface area (Å²) in [5.74, 6) is -0.264. The maximum atomic E-state index is 12.8. The van der Waals surface area contributed by atoms with E-state index >= 15 is 0 Å². The molecule has 2 amide bonds. The van der Waals surface area contributed by atoms with E-state index in [0.29, 0.717) is 18.7 Å². The van der Waals surface area contributed by atoms with E-state index in [4.69, 9.17) is 5.11 Å². The average molecular weight is 312 g/mol. The van der Waals surface area contributed by atoms with Crippen LogP contribution in [0, 0.1) is 0 Å². The lowest BCUT2D eigenvalue weighted by Crippen LogP contribution is -2.52. The van der Waals surface area contributed by atoms with Crippen LogP contribution in [0.15, 0.2) is 0 Å². The fourth-order valence-electron chi connectivity index (χ4n) is 3.73. The summed E-state index contributed by atoms with van der Waals surface area (Å²) in [6.07, 6.45) is 2.87. The number of carbonyl (C=O) groups is 3. The zero-order valence-electron chi connectivity index (χ0n) is 12.1. The third-order valence-corrected chi connectivity index (χ3v) is 6.31. The third kappa shape index (κ3) is 2.41. The highest BCUT2D eigenvalue weighted by Crippen LogP contribution is 2.47. The van der Waals surface area contributed by atoms with Gasteiger partial charge in [0.2, 0.25) is 11.8 Å². The van der Waals surface area contributed by atoms with Crippen molar-refractivity contribution in [3.63, 3.8) is 0 Å². The lowest BCUT2D eigenvalue weighted by Gasteiger charge is -2.33. The number of nitrogens with zero attached hydrogens (tertiary/aromatic N) is 2. The molecule has 0 aliphatic carbocycles. The van der Waals surface area contributed by atoms with Crippen LogP contribution in [-0.4, -0.2) is 61.9 Å². The molecule has 3 aliphatic rings. The van der Waals surface area contributed by atoms with Crippen molar-refractivity contribution >= 4 is 29.5 Å². The van der Waals surface area contributed by atoms with Crippen LogP contribution >= 0.6 is 11.8 Å². The van der Waals surface area contributed by atoms with Gasteiger partial charge in [-0.1, -0.05) is 0 Å². The summed E-state index contributed by atoms with van der Waals surface area (Å²) in [4.78, 5) is 39.0. The average Bonchev–Trinajstić information content (AvgIpc) is 3.06. The van der Waals surface area contributed by atoms with Crippen molar-refractivity contribution in [1.29, 1.82) is 0 Å². The standard InChI is InChI=1S/C14H20N2O4S/c1-14-5-4-11(17)16(14)10(8-21-14)13(20)15-6-2-3-9(15)7-12(18)19/h9-10H,2-8H2,1H3,(H,18,19)/t9-,10+,14+/m1/s1. The number of thioether (sulfide) groups is 1. The van der Waals surface area contributed by atoms with Gasteiger partial charge in [-0.15, -0.1) is 11.8 Å². The maximum absolute atomic E-state index is 12.8. The van der Waals surface area contributed by atoms with Crippen LogP contribution in [0.4, 0.5) is 0 Å². The van der Waals surface area contributed by atoms with E-state index in [9.17, 15) is 14.4 Å². The Morgan fingerprint density at radius 2 is 2.24 bits per heavy atom. The van der Waals surface area contributed by atoms with Gasteiger partial charge in [-0.05, 0) is 26.2 Å². The highest BCUT2D eigenvalue weighted by atomic mass is 32.2. The molecule has 0 aromatic rings. The summed E-state index contributed by atoms with van der Waals surface area (Å²) in [6, 6.07) is -0.631. The minimum atomic E-state index is -0.873. The van der Waals surface area contributed by atoms with Gasteiger partial charge in [0.25, 0.3) is 0 Å². The number of carboxylic acids is 1. The molecule has 0 bridgehead atoms. The first-order valence-electron chi connectivity index (χ1n) is 7.41. The Kier molecular flexibility index (Phi) is 3.63. The van der Waals surface area contributed by atoms with Gasteiger partial charge in [0.1, 0.15) is 6.04 Å². The van der Waals surface area contributed by atoms with E-state index in [-0.39, 0.29) is 29.1 Å². The van der Waals surface area contributed by atoms with Crippen LogP contribution in [0.3, 0.4) is 0 Å². The molecule has 0 unspecified atom stereocenters. The number of carboxylic acid groups (broad SMARTS) is 1. The number of hydrogen-bond donors (Lipinski definition) is 1. The first-order valence-corrected chi connectivity index (χ1v) is 8.39. The molecule has 3 rings (SSSR count). The first-order chi connectivity index (χ1) is 9.92. The number of hydrogen-bond acceptors (Lipinski definition) is 4. The molecule has 0 aromatic carbocycles. The Morgan fingerprint density at radius 3 is 2.95 bits per heavy atom. The number of amides is 2. The second kappa shape index (κ2) is 5.19. The van der Waals surface area contributed by atoms with Crippen LogP contribution < -0.4 is 0 Å². The van der Waals surface area contributed by atoms with Crippen molar-refractivity contribution in [3.05, 3.63) is 0 Å². The Balaban J connectivity index is 1.76. The molecular weight excluding hydrogens is 292 g/mol. The summed E-state index contributed by atoms with van der Waals surface area (Å²) < 4.78 is 0. The zero-order valence-corrected chi connectivity index (χ0v) is 12.9. The lowest BCUT2D eigenvalue weighted by molar-refractivity contribution is -0.146. The predicted molar refractivity (Wildman–Crippen MR) is 77.7 cm³/mol. The van der Waals surface area contributed by atoms with Crippen LogP contribution in [0.2, 0.25) is 0 Å². The maximum Gasteiger partial charge on any atom is 0.305 e. The van der Waals surface area contributed by atoms with Gasteiger partial charge < -0.3 is 14.9 Å². The van der Waals surface area contributed by atoms with E-state index in [1.807, 2.05) is 6.92 Å². The molecule has 7 heteroatoms. The van der Waals surface area contributed by atoms with Gasteiger partial charge in [0.05, 0.1) is 11.3 Å². The largest absolute Gasteiger partial charge is 0.481 e. The van der Waals surface area contributed by atoms with Crippen molar-refractivity contribution in [1.82, 2.24) is 9.80 Å². The van der Waals surface area contributed by atoms with Gasteiger partial charge in [0, 0.05) is 24.8 Å². The lowest BCUT2D eigenvalue weighted by atomic mass is 10.1. The summed E-state index contributed by atoms with van der Waals surface area (Å²) in [5.41, 5.74) is 0. The highest BCUT2D eigenvalue weighted by molar-refractivity contribution is 8.01. The number of rotatable bonds is 3. The van der Waals surface area contributed by atoms with Crippen molar-refractivity contribution in [2.75, 3.05) is 12.3 Å². The third-order valence-electron chi connectivity index (χ3n) is 4.80. The second-order valence-corrected chi connectivity index (χ2v) is 7.69. The number of likely N-dealkylation sites (tertiary alicyclic amines) is 1. The topological polar surface area (TPSA) is 77.9 Å². The molecule has 3 fully saturated rings. The Bertz CT molecular complexity index is 497.